The zero-order valence-electron chi connectivity index (χ0n) is 18.2. The van der Waals surface area contributed by atoms with E-state index in [1.807, 2.05) is 17.7 Å². The van der Waals surface area contributed by atoms with Crippen LogP contribution in [0.25, 0.3) is 5.69 Å². The zero-order chi connectivity index (χ0) is 21.6. The summed E-state index contributed by atoms with van der Waals surface area (Å²) in [5.41, 5.74) is 1.26. The highest BCUT2D eigenvalue weighted by Gasteiger charge is 2.22. The normalized spacial score (nSPS) is 15.7. The molecule has 9 nitrogen and oxygen atoms in total. The number of ether oxygens (including phenoxy) is 1. The average molecular weight is 554 g/mol. The second-order valence-electron chi connectivity index (χ2n) is 7.39. The Morgan fingerprint density at radius 3 is 2.97 bits per heavy atom. The van der Waals surface area contributed by atoms with E-state index in [2.05, 4.69) is 30.7 Å². The highest BCUT2D eigenvalue weighted by molar-refractivity contribution is 14.0. The molecule has 3 heterocycles. The molecule has 1 aromatic carbocycles. The highest BCUT2D eigenvalue weighted by atomic mass is 127. The van der Waals surface area contributed by atoms with Crippen LogP contribution in [0.5, 0.6) is 0 Å². The Morgan fingerprint density at radius 2 is 2.25 bits per heavy atom. The molecule has 0 bridgehead atoms. The minimum absolute atomic E-state index is 0. The van der Waals surface area contributed by atoms with E-state index in [0.29, 0.717) is 37.2 Å². The van der Waals surface area contributed by atoms with Crippen molar-refractivity contribution < 1.29 is 9.13 Å². The second kappa shape index (κ2) is 11.4. The lowest BCUT2D eigenvalue weighted by molar-refractivity contribution is 0.177. The molecule has 172 valence electrons. The first-order valence-corrected chi connectivity index (χ1v) is 10.4. The number of rotatable bonds is 7. The SMILES string of the molecule is CCNC(=NCc1ccc(-n2ccnc2)c(F)c1)NC1CCc2nc(COC)nn2C1.I. The first-order valence-electron chi connectivity index (χ1n) is 10.4. The van der Waals surface area contributed by atoms with Crippen LogP contribution < -0.4 is 10.6 Å². The first-order chi connectivity index (χ1) is 15.2. The van der Waals surface area contributed by atoms with Gasteiger partial charge < -0.3 is 19.9 Å². The smallest absolute Gasteiger partial charge is 0.191 e. The maximum Gasteiger partial charge on any atom is 0.191 e. The molecular weight excluding hydrogens is 526 g/mol. The van der Waals surface area contributed by atoms with Crippen molar-refractivity contribution in [1.29, 1.82) is 0 Å². The van der Waals surface area contributed by atoms with Gasteiger partial charge in [-0.2, -0.15) is 5.10 Å². The fraction of sp³-hybridized carbons (Fsp3) is 0.429. The number of guanidine groups is 1. The van der Waals surface area contributed by atoms with Crippen molar-refractivity contribution in [2.24, 2.45) is 4.99 Å². The Bertz CT molecular complexity index is 1040. The fourth-order valence-corrected chi connectivity index (χ4v) is 3.61. The molecule has 0 saturated carbocycles. The Balaban J connectivity index is 0.00000289. The molecular formula is C21H28FIN8O. The third kappa shape index (κ3) is 5.82. The van der Waals surface area contributed by atoms with Crippen LogP contribution >= 0.6 is 24.0 Å². The van der Waals surface area contributed by atoms with Crippen molar-refractivity contribution in [2.45, 2.75) is 45.5 Å². The number of methoxy groups -OCH3 is 1. The van der Waals surface area contributed by atoms with Crippen LogP contribution in [0.1, 0.15) is 30.6 Å². The monoisotopic (exact) mass is 554 g/mol. The van der Waals surface area contributed by atoms with Gasteiger partial charge >= 0.3 is 0 Å². The molecule has 32 heavy (non-hydrogen) atoms. The molecule has 2 N–H and O–H groups in total. The summed E-state index contributed by atoms with van der Waals surface area (Å²) in [7, 11) is 1.64. The van der Waals surface area contributed by atoms with Crippen molar-refractivity contribution in [2.75, 3.05) is 13.7 Å². The van der Waals surface area contributed by atoms with Gasteiger partial charge in [0, 0.05) is 38.5 Å². The van der Waals surface area contributed by atoms with E-state index in [1.54, 1.807) is 36.5 Å². The fourth-order valence-electron chi connectivity index (χ4n) is 3.61. The molecule has 4 rings (SSSR count). The highest BCUT2D eigenvalue weighted by Crippen LogP contribution is 2.16. The largest absolute Gasteiger partial charge is 0.377 e. The minimum Gasteiger partial charge on any atom is -0.377 e. The third-order valence-electron chi connectivity index (χ3n) is 5.07. The number of aryl methyl sites for hydroxylation is 1. The molecule has 3 aromatic rings. The second-order valence-corrected chi connectivity index (χ2v) is 7.39. The van der Waals surface area contributed by atoms with Gasteiger partial charge in [-0.25, -0.2) is 24.0 Å². The maximum atomic E-state index is 14.5. The van der Waals surface area contributed by atoms with Gasteiger partial charge in [-0.15, -0.1) is 24.0 Å². The van der Waals surface area contributed by atoms with Gasteiger partial charge in [0.05, 0.1) is 25.1 Å². The molecule has 0 aliphatic carbocycles. The van der Waals surface area contributed by atoms with Crippen LogP contribution in [0.3, 0.4) is 0 Å². The number of nitrogens with zero attached hydrogens (tertiary/aromatic N) is 6. The van der Waals surface area contributed by atoms with Gasteiger partial charge in [-0.05, 0) is 31.0 Å². The summed E-state index contributed by atoms with van der Waals surface area (Å²) in [4.78, 5) is 13.1. The molecule has 0 spiro atoms. The van der Waals surface area contributed by atoms with Gasteiger partial charge in [-0.3, -0.25) is 0 Å². The van der Waals surface area contributed by atoms with Crippen molar-refractivity contribution >= 4 is 29.9 Å². The quantitative estimate of drug-likeness (QED) is 0.265. The number of hydrogen-bond acceptors (Lipinski definition) is 5. The predicted octanol–water partition coefficient (Wildman–Crippen LogP) is 2.44. The van der Waals surface area contributed by atoms with Crippen LogP contribution in [0, 0.1) is 5.82 Å². The molecule has 1 unspecified atom stereocenters. The summed E-state index contributed by atoms with van der Waals surface area (Å²) in [6, 6.07) is 5.32. The van der Waals surface area contributed by atoms with Crippen LogP contribution in [0.4, 0.5) is 4.39 Å². The van der Waals surface area contributed by atoms with E-state index >= 15 is 0 Å². The molecule has 0 saturated heterocycles. The number of benzene rings is 1. The Kier molecular flexibility index (Phi) is 8.56. The molecule has 2 aromatic heterocycles. The van der Waals surface area contributed by atoms with E-state index in [0.717, 1.165) is 30.8 Å². The Labute approximate surface area is 203 Å². The van der Waals surface area contributed by atoms with E-state index in [-0.39, 0.29) is 35.8 Å². The molecule has 0 radical (unpaired) electrons. The van der Waals surface area contributed by atoms with E-state index in [4.69, 9.17) is 4.74 Å². The summed E-state index contributed by atoms with van der Waals surface area (Å²) in [6.45, 7) is 4.25. The molecule has 1 atom stereocenters. The van der Waals surface area contributed by atoms with Crippen LogP contribution in [0.2, 0.25) is 0 Å². The van der Waals surface area contributed by atoms with Crippen LogP contribution in [-0.2, 0) is 30.9 Å². The number of imidazole rings is 1. The number of aliphatic imine (C=N–C) groups is 1. The van der Waals surface area contributed by atoms with Gasteiger partial charge in [0.25, 0.3) is 0 Å². The number of fused-ring (bicyclic) bond motifs is 1. The summed E-state index contributed by atoms with van der Waals surface area (Å²) in [5.74, 6) is 2.09. The van der Waals surface area contributed by atoms with Crippen molar-refractivity contribution in [1.82, 2.24) is 34.9 Å². The minimum atomic E-state index is -0.304. The Hall–Kier alpha value is -2.54. The lowest BCUT2D eigenvalue weighted by atomic mass is 10.1. The maximum absolute atomic E-state index is 14.5. The standard InChI is InChI=1S/C21H27FN8O.HI/c1-3-24-21(26-16-5-7-20-27-19(13-31-2)28-30(20)12-16)25-11-15-4-6-18(17(22)10-15)29-9-8-23-14-29;/h4,6,8-10,14,16H,3,5,7,11-13H2,1-2H3,(H2,24,25,26);1H. The molecule has 11 heteroatoms. The summed E-state index contributed by atoms with van der Waals surface area (Å²) >= 11 is 0. The number of hydrogen-bond donors (Lipinski definition) is 2. The van der Waals surface area contributed by atoms with Crippen LogP contribution in [0.15, 0.2) is 41.9 Å². The van der Waals surface area contributed by atoms with Gasteiger partial charge in [-0.1, -0.05) is 6.07 Å². The van der Waals surface area contributed by atoms with Crippen molar-refractivity contribution in [3.63, 3.8) is 0 Å². The number of halogens is 2. The van der Waals surface area contributed by atoms with Crippen LogP contribution in [-0.4, -0.2) is 50.0 Å². The molecule has 0 fully saturated rings. The molecule has 1 aliphatic rings. The van der Waals surface area contributed by atoms with E-state index in [1.165, 1.54) is 6.07 Å². The lowest BCUT2D eigenvalue weighted by Crippen LogP contribution is -2.47. The van der Waals surface area contributed by atoms with Crippen molar-refractivity contribution in [3.8, 4) is 5.69 Å². The predicted molar refractivity (Wildman–Crippen MR) is 130 cm³/mol. The summed E-state index contributed by atoms with van der Waals surface area (Å²) in [5, 5.41) is 11.2. The van der Waals surface area contributed by atoms with Gasteiger partial charge in [0.1, 0.15) is 18.2 Å². The average Bonchev–Trinajstić information content (AvgIpc) is 3.42. The first kappa shape index (κ1) is 24.1. The topological polar surface area (TPSA) is 94.2 Å². The van der Waals surface area contributed by atoms with Crippen molar-refractivity contribution in [3.05, 3.63) is 59.9 Å². The number of nitrogens with one attached hydrogen (secondary N) is 2. The van der Waals surface area contributed by atoms with Gasteiger partial charge in [0.15, 0.2) is 11.8 Å². The molecule has 0 amide bonds. The van der Waals surface area contributed by atoms with E-state index < -0.39 is 0 Å². The summed E-state index contributed by atoms with van der Waals surface area (Å²) < 4.78 is 23.2. The van der Waals surface area contributed by atoms with E-state index in [9.17, 15) is 4.39 Å². The molecule has 1 aliphatic heterocycles. The lowest BCUT2D eigenvalue weighted by Gasteiger charge is -2.25. The Morgan fingerprint density at radius 1 is 1.38 bits per heavy atom. The number of aromatic nitrogens is 5. The third-order valence-corrected chi connectivity index (χ3v) is 5.07. The van der Waals surface area contributed by atoms with Gasteiger partial charge in [0.2, 0.25) is 0 Å². The zero-order valence-corrected chi connectivity index (χ0v) is 20.5. The summed E-state index contributed by atoms with van der Waals surface area (Å²) in [6.07, 6.45) is 6.69.